The van der Waals surface area contributed by atoms with Gasteiger partial charge in [0.2, 0.25) is 0 Å². The maximum atomic E-state index is 12.7. The molecule has 0 radical (unpaired) electrons. The number of H-pyrrole nitrogens is 1. The summed E-state index contributed by atoms with van der Waals surface area (Å²) in [4.78, 5) is 16.2. The van der Waals surface area contributed by atoms with Crippen LogP contribution in [0.4, 0.5) is 0 Å². The fourth-order valence-electron chi connectivity index (χ4n) is 3.25. The summed E-state index contributed by atoms with van der Waals surface area (Å²) in [6, 6.07) is 13.6. The van der Waals surface area contributed by atoms with Gasteiger partial charge in [-0.15, -0.1) is 0 Å². The molecule has 3 aromatic rings. The van der Waals surface area contributed by atoms with Gasteiger partial charge in [0.1, 0.15) is 11.5 Å². The molecule has 3 heteroatoms. The lowest BCUT2D eigenvalue weighted by atomic mass is 9.94. The van der Waals surface area contributed by atoms with Gasteiger partial charge in [-0.2, -0.15) is 0 Å². The fourth-order valence-corrected chi connectivity index (χ4v) is 3.25. The smallest absolute Gasteiger partial charge is 0.192 e. The monoisotopic (exact) mass is 305 g/mol. The van der Waals surface area contributed by atoms with Crippen molar-refractivity contribution in [3.8, 4) is 11.5 Å². The maximum Gasteiger partial charge on any atom is 0.192 e. The third-order valence-electron chi connectivity index (χ3n) is 4.52. The number of rotatable bonds is 2. The van der Waals surface area contributed by atoms with Gasteiger partial charge in [-0.25, -0.2) is 0 Å². The standard InChI is InChI=1S/C20H19NO2/c1-13-6-8-14(9-7-13)23-15-10-11-19-17(12-15)20(22)16-4-2-3-5-18(16)21-19/h6-12H,2-5H2,1H3,(H,21,22). The Bertz CT molecular complexity index is 923. The molecule has 1 aromatic heterocycles. The summed E-state index contributed by atoms with van der Waals surface area (Å²) in [5, 5.41) is 0.718. The molecule has 0 amide bonds. The van der Waals surface area contributed by atoms with Crippen molar-refractivity contribution in [3.63, 3.8) is 0 Å². The van der Waals surface area contributed by atoms with Crippen LogP contribution in [0.25, 0.3) is 10.9 Å². The van der Waals surface area contributed by atoms with Gasteiger partial charge in [0.15, 0.2) is 5.43 Å². The third-order valence-corrected chi connectivity index (χ3v) is 4.52. The zero-order valence-electron chi connectivity index (χ0n) is 13.2. The molecular formula is C20H19NO2. The molecule has 1 aliphatic carbocycles. The first-order valence-corrected chi connectivity index (χ1v) is 8.13. The Kier molecular flexibility index (Phi) is 3.41. The van der Waals surface area contributed by atoms with E-state index in [2.05, 4.69) is 4.98 Å². The summed E-state index contributed by atoms with van der Waals surface area (Å²) in [6.07, 6.45) is 4.11. The molecule has 0 bridgehead atoms. The van der Waals surface area contributed by atoms with Crippen molar-refractivity contribution in [1.29, 1.82) is 0 Å². The normalized spacial score (nSPS) is 13.8. The van der Waals surface area contributed by atoms with Gasteiger partial charge in [0.25, 0.3) is 0 Å². The Labute approximate surface area is 134 Å². The largest absolute Gasteiger partial charge is 0.457 e. The Morgan fingerprint density at radius 2 is 1.70 bits per heavy atom. The molecule has 116 valence electrons. The van der Waals surface area contributed by atoms with Gasteiger partial charge < -0.3 is 9.72 Å². The van der Waals surface area contributed by atoms with E-state index in [1.807, 2.05) is 49.4 Å². The highest BCUT2D eigenvalue weighted by Gasteiger charge is 2.16. The average Bonchev–Trinajstić information content (AvgIpc) is 2.58. The summed E-state index contributed by atoms with van der Waals surface area (Å²) >= 11 is 0. The van der Waals surface area contributed by atoms with Crippen molar-refractivity contribution < 1.29 is 4.74 Å². The average molecular weight is 305 g/mol. The van der Waals surface area contributed by atoms with Crippen molar-refractivity contribution in [3.05, 3.63) is 69.5 Å². The van der Waals surface area contributed by atoms with Gasteiger partial charge >= 0.3 is 0 Å². The second kappa shape index (κ2) is 5.58. The van der Waals surface area contributed by atoms with E-state index in [1.165, 1.54) is 5.56 Å². The number of benzene rings is 2. The number of aromatic amines is 1. The van der Waals surface area contributed by atoms with E-state index in [0.717, 1.165) is 53.6 Å². The van der Waals surface area contributed by atoms with E-state index in [0.29, 0.717) is 5.75 Å². The van der Waals surface area contributed by atoms with Crippen LogP contribution in [0.3, 0.4) is 0 Å². The number of ether oxygens (including phenoxy) is 1. The second-order valence-corrected chi connectivity index (χ2v) is 6.24. The van der Waals surface area contributed by atoms with Gasteiger partial charge in [0, 0.05) is 22.2 Å². The third kappa shape index (κ3) is 2.63. The molecule has 0 fully saturated rings. The molecule has 2 aromatic carbocycles. The van der Waals surface area contributed by atoms with Crippen molar-refractivity contribution in [2.75, 3.05) is 0 Å². The van der Waals surface area contributed by atoms with E-state index in [-0.39, 0.29) is 5.43 Å². The number of hydrogen-bond acceptors (Lipinski definition) is 2. The first-order chi connectivity index (χ1) is 11.2. The topological polar surface area (TPSA) is 42.1 Å². The van der Waals surface area contributed by atoms with Crippen molar-refractivity contribution >= 4 is 10.9 Å². The number of aromatic nitrogens is 1. The van der Waals surface area contributed by atoms with Crippen LogP contribution in [0.15, 0.2) is 47.3 Å². The lowest BCUT2D eigenvalue weighted by Gasteiger charge is -2.16. The zero-order chi connectivity index (χ0) is 15.8. The quantitative estimate of drug-likeness (QED) is 0.757. The van der Waals surface area contributed by atoms with Crippen LogP contribution in [-0.2, 0) is 12.8 Å². The van der Waals surface area contributed by atoms with Crippen LogP contribution in [-0.4, -0.2) is 4.98 Å². The molecule has 23 heavy (non-hydrogen) atoms. The van der Waals surface area contributed by atoms with E-state index < -0.39 is 0 Å². The number of hydrogen-bond donors (Lipinski definition) is 1. The molecule has 1 aliphatic rings. The lowest BCUT2D eigenvalue weighted by Crippen LogP contribution is -2.18. The van der Waals surface area contributed by atoms with Gasteiger partial charge in [-0.1, -0.05) is 17.7 Å². The van der Waals surface area contributed by atoms with Crippen LogP contribution in [0.1, 0.15) is 29.7 Å². The predicted molar refractivity (Wildman–Crippen MR) is 92.5 cm³/mol. The summed E-state index contributed by atoms with van der Waals surface area (Å²) in [5.74, 6) is 1.48. The summed E-state index contributed by atoms with van der Waals surface area (Å²) in [7, 11) is 0. The highest BCUT2D eigenvalue weighted by atomic mass is 16.5. The van der Waals surface area contributed by atoms with Crippen LogP contribution >= 0.6 is 0 Å². The SMILES string of the molecule is Cc1ccc(Oc2ccc3[nH]c4c(c(=O)c3c2)CCCC4)cc1. The molecule has 0 saturated carbocycles. The first kappa shape index (κ1) is 14.1. The number of fused-ring (bicyclic) bond motifs is 2. The highest BCUT2D eigenvalue weighted by molar-refractivity contribution is 5.81. The molecule has 0 saturated heterocycles. The van der Waals surface area contributed by atoms with Crippen LogP contribution < -0.4 is 10.2 Å². The fraction of sp³-hybridized carbons (Fsp3) is 0.250. The van der Waals surface area contributed by atoms with Crippen molar-refractivity contribution in [2.24, 2.45) is 0 Å². The molecule has 1 heterocycles. The lowest BCUT2D eigenvalue weighted by molar-refractivity contribution is 0.483. The summed E-state index contributed by atoms with van der Waals surface area (Å²) < 4.78 is 5.89. The molecule has 3 nitrogen and oxygen atoms in total. The molecule has 0 unspecified atom stereocenters. The van der Waals surface area contributed by atoms with Gasteiger partial charge in [-0.05, 0) is 62.9 Å². The second-order valence-electron chi connectivity index (χ2n) is 6.24. The van der Waals surface area contributed by atoms with Crippen LogP contribution in [0.5, 0.6) is 11.5 Å². The van der Waals surface area contributed by atoms with E-state index in [1.54, 1.807) is 0 Å². The maximum absolute atomic E-state index is 12.7. The Hall–Kier alpha value is -2.55. The zero-order valence-corrected chi connectivity index (χ0v) is 13.2. The minimum Gasteiger partial charge on any atom is -0.457 e. The molecule has 1 N–H and O–H groups in total. The predicted octanol–water partition coefficient (Wildman–Crippen LogP) is 4.51. The number of pyridine rings is 1. The van der Waals surface area contributed by atoms with E-state index in [4.69, 9.17) is 4.74 Å². The van der Waals surface area contributed by atoms with Crippen molar-refractivity contribution in [2.45, 2.75) is 32.6 Å². The van der Waals surface area contributed by atoms with Crippen LogP contribution in [0.2, 0.25) is 0 Å². The van der Waals surface area contributed by atoms with Crippen molar-refractivity contribution in [1.82, 2.24) is 4.98 Å². The van der Waals surface area contributed by atoms with E-state index in [9.17, 15) is 4.79 Å². The Morgan fingerprint density at radius 3 is 2.52 bits per heavy atom. The highest BCUT2D eigenvalue weighted by Crippen LogP contribution is 2.26. The summed E-state index contributed by atoms with van der Waals surface area (Å²) in [5.41, 5.74) is 4.31. The number of nitrogens with one attached hydrogen (secondary N) is 1. The van der Waals surface area contributed by atoms with Crippen LogP contribution in [0, 0.1) is 6.92 Å². The minimum atomic E-state index is 0.155. The molecule has 0 atom stereocenters. The summed E-state index contributed by atoms with van der Waals surface area (Å²) in [6.45, 7) is 2.04. The Balaban J connectivity index is 1.76. The van der Waals surface area contributed by atoms with Gasteiger partial charge in [0.05, 0.1) is 0 Å². The molecule has 0 spiro atoms. The molecule has 0 aliphatic heterocycles. The first-order valence-electron chi connectivity index (χ1n) is 8.13. The minimum absolute atomic E-state index is 0.155. The van der Waals surface area contributed by atoms with E-state index >= 15 is 0 Å². The van der Waals surface area contributed by atoms with Gasteiger partial charge in [-0.3, -0.25) is 4.79 Å². The molecule has 4 rings (SSSR count). The number of aryl methyl sites for hydroxylation is 2. The Morgan fingerprint density at radius 1 is 0.957 bits per heavy atom. The molecular weight excluding hydrogens is 286 g/mol.